The largest absolute Gasteiger partial charge is 0.478 e. The van der Waals surface area contributed by atoms with E-state index < -0.39 is 16.0 Å². The second-order valence-electron chi connectivity index (χ2n) is 4.92. The number of likely N-dealkylation sites (N-methyl/N-ethyl adjacent to an activating group) is 1. The van der Waals surface area contributed by atoms with Gasteiger partial charge in [0.15, 0.2) is 0 Å². The number of nitrogens with zero attached hydrogens (tertiary/aromatic N) is 1. The summed E-state index contributed by atoms with van der Waals surface area (Å²) in [5.41, 5.74) is -0.237. The Hall–Kier alpha value is -1.15. The van der Waals surface area contributed by atoms with Gasteiger partial charge in [0, 0.05) is 19.1 Å². The number of sulfonamides is 1. The number of carboxylic acid groups (broad SMARTS) is 1. The van der Waals surface area contributed by atoms with Gasteiger partial charge in [-0.1, -0.05) is 11.6 Å². The van der Waals surface area contributed by atoms with Gasteiger partial charge >= 0.3 is 5.97 Å². The summed E-state index contributed by atoms with van der Waals surface area (Å²) in [5.74, 6) is -1.27. The van der Waals surface area contributed by atoms with Crippen LogP contribution < -0.4 is 4.72 Å². The number of hydrogen-bond acceptors (Lipinski definition) is 4. The molecule has 0 unspecified atom stereocenters. The molecule has 2 N–H and O–H groups in total. The van der Waals surface area contributed by atoms with Crippen LogP contribution in [0.2, 0.25) is 5.02 Å². The summed E-state index contributed by atoms with van der Waals surface area (Å²) in [6.45, 7) is 4.80. The molecular formula is C13H19ClN2O4S. The Labute approximate surface area is 129 Å². The first-order chi connectivity index (χ1) is 9.65. The quantitative estimate of drug-likeness (QED) is 0.792. The first-order valence-electron chi connectivity index (χ1n) is 6.38. The van der Waals surface area contributed by atoms with Gasteiger partial charge in [-0.15, -0.1) is 0 Å². The summed E-state index contributed by atoms with van der Waals surface area (Å²) in [4.78, 5) is 12.9. The Morgan fingerprint density at radius 3 is 2.57 bits per heavy atom. The second-order valence-corrected chi connectivity index (χ2v) is 7.09. The lowest BCUT2D eigenvalue weighted by Crippen LogP contribution is -2.36. The first-order valence-corrected chi connectivity index (χ1v) is 8.24. The highest BCUT2D eigenvalue weighted by atomic mass is 35.5. The molecule has 1 aromatic carbocycles. The summed E-state index contributed by atoms with van der Waals surface area (Å²) in [6, 6.07) is 3.91. The zero-order valence-electron chi connectivity index (χ0n) is 12.1. The molecule has 21 heavy (non-hydrogen) atoms. The molecule has 0 heterocycles. The molecule has 0 aromatic heterocycles. The van der Waals surface area contributed by atoms with E-state index in [9.17, 15) is 13.2 Å². The summed E-state index contributed by atoms with van der Waals surface area (Å²) in [7, 11) is -1.86. The third kappa shape index (κ3) is 4.96. The predicted molar refractivity (Wildman–Crippen MR) is 81.4 cm³/mol. The number of aromatic carboxylic acids is 1. The number of carbonyl (C=O) groups is 1. The van der Waals surface area contributed by atoms with Crippen molar-refractivity contribution in [2.24, 2.45) is 0 Å². The lowest BCUT2D eigenvalue weighted by atomic mass is 10.2. The molecule has 0 saturated heterocycles. The molecule has 0 amide bonds. The Kier molecular flexibility index (Phi) is 6.15. The maximum atomic E-state index is 12.1. The maximum Gasteiger partial charge on any atom is 0.337 e. The van der Waals surface area contributed by atoms with Crippen molar-refractivity contribution in [2.45, 2.75) is 24.8 Å². The van der Waals surface area contributed by atoms with Crippen molar-refractivity contribution < 1.29 is 18.3 Å². The van der Waals surface area contributed by atoms with Gasteiger partial charge in [-0.3, -0.25) is 0 Å². The highest BCUT2D eigenvalue weighted by molar-refractivity contribution is 7.89. The summed E-state index contributed by atoms with van der Waals surface area (Å²) in [5, 5.41) is 8.96. The number of carboxylic acids is 1. The number of hydrogen-bond donors (Lipinski definition) is 2. The van der Waals surface area contributed by atoms with Crippen molar-refractivity contribution >= 4 is 27.6 Å². The highest BCUT2D eigenvalue weighted by Crippen LogP contribution is 2.20. The molecule has 0 atom stereocenters. The van der Waals surface area contributed by atoms with Gasteiger partial charge in [0.05, 0.1) is 15.5 Å². The number of benzene rings is 1. The van der Waals surface area contributed by atoms with Crippen LogP contribution in [-0.4, -0.2) is 50.6 Å². The van der Waals surface area contributed by atoms with E-state index >= 15 is 0 Å². The number of halogens is 1. The minimum absolute atomic E-state index is 0.000918. The summed E-state index contributed by atoms with van der Waals surface area (Å²) < 4.78 is 26.6. The fourth-order valence-electron chi connectivity index (χ4n) is 1.53. The monoisotopic (exact) mass is 334 g/mol. The van der Waals surface area contributed by atoms with E-state index in [0.29, 0.717) is 12.6 Å². The molecule has 0 aliphatic heterocycles. The van der Waals surface area contributed by atoms with Crippen LogP contribution in [0, 0.1) is 0 Å². The highest BCUT2D eigenvalue weighted by Gasteiger charge is 2.18. The van der Waals surface area contributed by atoms with Crippen LogP contribution >= 0.6 is 11.6 Å². The van der Waals surface area contributed by atoms with E-state index in [1.54, 1.807) is 0 Å². The molecule has 0 aliphatic carbocycles. The maximum absolute atomic E-state index is 12.1. The third-order valence-corrected chi connectivity index (χ3v) is 4.90. The minimum atomic E-state index is -3.75. The molecule has 6 nitrogen and oxygen atoms in total. The van der Waals surface area contributed by atoms with Gasteiger partial charge in [0.2, 0.25) is 10.0 Å². The van der Waals surface area contributed by atoms with Crippen molar-refractivity contribution in [2.75, 3.05) is 20.1 Å². The van der Waals surface area contributed by atoms with Gasteiger partial charge in [0.25, 0.3) is 0 Å². The van der Waals surface area contributed by atoms with Crippen LogP contribution in [0.25, 0.3) is 0 Å². The molecule has 0 radical (unpaired) electrons. The Morgan fingerprint density at radius 2 is 2.05 bits per heavy atom. The van der Waals surface area contributed by atoms with Crippen molar-refractivity contribution in [1.82, 2.24) is 9.62 Å². The standard InChI is InChI=1S/C13H19ClN2O4S/c1-9(2)16(3)7-6-15-21(19,20)10-4-5-12(14)11(8-10)13(17)18/h4-5,8-9,15H,6-7H2,1-3H3,(H,17,18). The smallest absolute Gasteiger partial charge is 0.337 e. The van der Waals surface area contributed by atoms with E-state index in [4.69, 9.17) is 16.7 Å². The average molecular weight is 335 g/mol. The molecule has 1 rings (SSSR count). The molecule has 0 fully saturated rings. The third-order valence-electron chi connectivity index (χ3n) is 3.12. The van der Waals surface area contributed by atoms with Gasteiger partial charge < -0.3 is 10.0 Å². The number of rotatable bonds is 7. The zero-order valence-corrected chi connectivity index (χ0v) is 13.7. The van der Waals surface area contributed by atoms with Gasteiger partial charge in [-0.2, -0.15) is 0 Å². The van der Waals surface area contributed by atoms with E-state index in [-0.39, 0.29) is 22.0 Å². The van der Waals surface area contributed by atoms with Crippen molar-refractivity contribution in [1.29, 1.82) is 0 Å². The van der Waals surface area contributed by atoms with Crippen molar-refractivity contribution in [3.63, 3.8) is 0 Å². The van der Waals surface area contributed by atoms with Crippen LogP contribution in [0.5, 0.6) is 0 Å². The van der Waals surface area contributed by atoms with Crippen molar-refractivity contribution in [3.8, 4) is 0 Å². The van der Waals surface area contributed by atoms with Crippen LogP contribution in [0.15, 0.2) is 23.1 Å². The van der Waals surface area contributed by atoms with Crippen LogP contribution in [0.1, 0.15) is 24.2 Å². The summed E-state index contributed by atoms with van der Waals surface area (Å²) in [6.07, 6.45) is 0. The topological polar surface area (TPSA) is 86.7 Å². The average Bonchev–Trinajstić information content (AvgIpc) is 2.38. The molecule has 0 saturated carbocycles. The molecule has 0 bridgehead atoms. The SMILES string of the molecule is CC(C)N(C)CCNS(=O)(=O)c1ccc(Cl)c(C(=O)O)c1. The molecule has 1 aromatic rings. The fourth-order valence-corrected chi connectivity index (χ4v) is 2.78. The Morgan fingerprint density at radius 1 is 1.43 bits per heavy atom. The predicted octanol–water partition coefficient (Wildman–Crippen LogP) is 1.66. The van der Waals surface area contributed by atoms with E-state index in [1.165, 1.54) is 12.1 Å². The van der Waals surface area contributed by atoms with E-state index in [1.807, 2.05) is 25.8 Å². The second kappa shape index (κ2) is 7.22. The lowest BCUT2D eigenvalue weighted by Gasteiger charge is -2.20. The van der Waals surface area contributed by atoms with E-state index in [0.717, 1.165) is 6.07 Å². The fraction of sp³-hybridized carbons (Fsp3) is 0.462. The van der Waals surface area contributed by atoms with Crippen LogP contribution in [-0.2, 0) is 10.0 Å². The minimum Gasteiger partial charge on any atom is -0.478 e. The molecule has 0 aliphatic rings. The Bertz CT molecular complexity index is 617. The zero-order chi connectivity index (χ0) is 16.2. The normalized spacial score (nSPS) is 12.1. The Balaban J connectivity index is 2.84. The van der Waals surface area contributed by atoms with Crippen molar-refractivity contribution in [3.05, 3.63) is 28.8 Å². The van der Waals surface area contributed by atoms with Gasteiger partial charge in [0.1, 0.15) is 0 Å². The van der Waals surface area contributed by atoms with Gasteiger partial charge in [-0.05, 0) is 39.1 Å². The number of nitrogens with one attached hydrogen (secondary N) is 1. The van der Waals surface area contributed by atoms with Crippen LogP contribution in [0.4, 0.5) is 0 Å². The van der Waals surface area contributed by atoms with E-state index in [2.05, 4.69) is 4.72 Å². The molecule has 118 valence electrons. The van der Waals surface area contributed by atoms with Gasteiger partial charge in [-0.25, -0.2) is 17.9 Å². The molecular weight excluding hydrogens is 316 g/mol. The molecule has 0 spiro atoms. The lowest BCUT2D eigenvalue weighted by molar-refractivity contribution is 0.0697. The van der Waals surface area contributed by atoms with Crippen LogP contribution in [0.3, 0.4) is 0 Å². The molecule has 8 heteroatoms. The summed E-state index contributed by atoms with van der Waals surface area (Å²) >= 11 is 5.72. The first kappa shape index (κ1) is 17.9.